The molecule has 1 aliphatic rings. The Morgan fingerprint density at radius 3 is 2.57 bits per heavy atom. The Morgan fingerprint density at radius 2 is 2.00 bits per heavy atom. The molecule has 1 heterocycles. The molecule has 0 bridgehead atoms. The summed E-state index contributed by atoms with van der Waals surface area (Å²) in [6.07, 6.45) is 2.71. The molecule has 3 heteroatoms. The van der Waals surface area contributed by atoms with Crippen molar-refractivity contribution < 1.29 is 4.79 Å². The van der Waals surface area contributed by atoms with E-state index in [-0.39, 0.29) is 11.3 Å². The zero-order valence-corrected chi connectivity index (χ0v) is 13.6. The van der Waals surface area contributed by atoms with Gasteiger partial charge in [-0.2, -0.15) is 0 Å². The molecule has 3 nitrogen and oxygen atoms in total. The van der Waals surface area contributed by atoms with Crippen LogP contribution in [0.2, 0.25) is 0 Å². The number of rotatable bonds is 5. The second-order valence-corrected chi connectivity index (χ2v) is 6.28. The Hall–Kier alpha value is -1.35. The van der Waals surface area contributed by atoms with Gasteiger partial charge in [-0.05, 0) is 37.3 Å². The molecule has 1 atom stereocenters. The number of aryl methyl sites for hydroxylation is 1. The highest BCUT2D eigenvalue weighted by Gasteiger charge is 2.39. The minimum absolute atomic E-state index is 0.256. The smallest absolute Gasteiger partial charge is 0.230 e. The largest absolute Gasteiger partial charge is 0.342 e. The van der Waals surface area contributed by atoms with Crippen LogP contribution in [0.25, 0.3) is 0 Å². The van der Waals surface area contributed by atoms with Crippen molar-refractivity contribution in [2.24, 2.45) is 11.1 Å². The van der Waals surface area contributed by atoms with Gasteiger partial charge in [-0.1, -0.05) is 38.1 Å². The predicted octanol–water partition coefficient (Wildman–Crippen LogP) is 3.08. The van der Waals surface area contributed by atoms with Crippen molar-refractivity contribution >= 4 is 5.91 Å². The Labute approximate surface area is 128 Å². The second-order valence-electron chi connectivity index (χ2n) is 6.28. The third kappa shape index (κ3) is 2.98. The number of likely N-dealkylation sites (tertiary alicyclic amines) is 1. The standard InChI is InChI=1S/C18H28N2O/c1-4-18(5-2,13-19)17(21)20-11-10-15(12-20)16-9-7-6-8-14(16)3/h6-9,15H,4-5,10-13,19H2,1-3H3. The van der Waals surface area contributed by atoms with Crippen LogP contribution < -0.4 is 5.73 Å². The lowest BCUT2D eigenvalue weighted by molar-refractivity contribution is -0.141. The third-order valence-electron chi connectivity index (χ3n) is 5.30. The van der Waals surface area contributed by atoms with E-state index in [0.29, 0.717) is 12.5 Å². The lowest BCUT2D eigenvalue weighted by Crippen LogP contribution is -2.46. The molecule has 1 amide bonds. The molecule has 0 aromatic heterocycles. The first-order valence-electron chi connectivity index (χ1n) is 8.13. The van der Waals surface area contributed by atoms with Crippen LogP contribution in [0.5, 0.6) is 0 Å². The molecule has 0 saturated carbocycles. The Bertz CT molecular complexity index is 485. The fourth-order valence-corrected chi connectivity index (χ4v) is 3.51. The first-order valence-corrected chi connectivity index (χ1v) is 8.13. The van der Waals surface area contributed by atoms with Crippen LogP contribution in [0.4, 0.5) is 0 Å². The van der Waals surface area contributed by atoms with Gasteiger partial charge in [0.05, 0.1) is 5.41 Å². The molecule has 0 radical (unpaired) electrons. The van der Waals surface area contributed by atoms with Crippen molar-refractivity contribution in [3.05, 3.63) is 35.4 Å². The summed E-state index contributed by atoms with van der Waals surface area (Å²) in [5, 5.41) is 0. The van der Waals surface area contributed by atoms with E-state index in [0.717, 1.165) is 32.4 Å². The molecule has 116 valence electrons. The fraction of sp³-hybridized carbons (Fsp3) is 0.611. The lowest BCUT2D eigenvalue weighted by Gasteiger charge is -2.33. The topological polar surface area (TPSA) is 46.3 Å². The summed E-state index contributed by atoms with van der Waals surface area (Å²) in [7, 11) is 0. The first kappa shape index (κ1) is 16.0. The molecule has 2 N–H and O–H groups in total. The maximum Gasteiger partial charge on any atom is 0.230 e. The molecular weight excluding hydrogens is 260 g/mol. The van der Waals surface area contributed by atoms with Crippen LogP contribution in [-0.4, -0.2) is 30.4 Å². The van der Waals surface area contributed by atoms with Crippen LogP contribution in [0.15, 0.2) is 24.3 Å². The van der Waals surface area contributed by atoms with Crippen LogP contribution >= 0.6 is 0 Å². The molecule has 0 spiro atoms. The molecule has 1 aromatic carbocycles. The Balaban J connectivity index is 2.12. The SMILES string of the molecule is CCC(CC)(CN)C(=O)N1CCC(c2ccccc2C)C1. The number of nitrogens with zero attached hydrogens (tertiary/aromatic N) is 1. The molecule has 1 fully saturated rings. The van der Waals surface area contributed by atoms with E-state index in [2.05, 4.69) is 45.0 Å². The molecule has 2 rings (SSSR count). The predicted molar refractivity (Wildman–Crippen MR) is 87.2 cm³/mol. The highest BCUT2D eigenvalue weighted by atomic mass is 16.2. The summed E-state index contributed by atoms with van der Waals surface area (Å²) in [5.74, 6) is 0.727. The minimum Gasteiger partial charge on any atom is -0.342 e. The summed E-state index contributed by atoms with van der Waals surface area (Å²) >= 11 is 0. The van der Waals surface area contributed by atoms with Crippen molar-refractivity contribution in [1.82, 2.24) is 4.90 Å². The first-order chi connectivity index (χ1) is 10.1. The van der Waals surface area contributed by atoms with Crippen molar-refractivity contribution in [3.63, 3.8) is 0 Å². The quantitative estimate of drug-likeness (QED) is 0.905. The van der Waals surface area contributed by atoms with Crippen molar-refractivity contribution in [2.75, 3.05) is 19.6 Å². The van der Waals surface area contributed by atoms with E-state index < -0.39 is 0 Å². The van der Waals surface area contributed by atoms with Gasteiger partial charge in [-0.15, -0.1) is 0 Å². The van der Waals surface area contributed by atoms with E-state index in [4.69, 9.17) is 5.73 Å². The summed E-state index contributed by atoms with van der Waals surface area (Å²) in [6, 6.07) is 8.52. The summed E-state index contributed by atoms with van der Waals surface area (Å²) in [5.41, 5.74) is 8.27. The van der Waals surface area contributed by atoms with Gasteiger partial charge in [-0.3, -0.25) is 4.79 Å². The van der Waals surface area contributed by atoms with E-state index in [1.165, 1.54) is 11.1 Å². The van der Waals surface area contributed by atoms with Gasteiger partial charge in [0.2, 0.25) is 5.91 Å². The van der Waals surface area contributed by atoms with E-state index in [1.807, 2.05) is 4.90 Å². The normalized spacial score (nSPS) is 19.0. The van der Waals surface area contributed by atoms with Gasteiger partial charge < -0.3 is 10.6 Å². The lowest BCUT2D eigenvalue weighted by atomic mass is 9.81. The maximum absolute atomic E-state index is 12.9. The monoisotopic (exact) mass is 288 g/mol. The number of carbonyl (C=O) groups excluding carboxylic acids is 1. The zero-order chi connectivity index (χ0) is 15.5. The Kier molecular flexibility index (Phi) is 5.04. The maximum atomic E-state index is 12.9. The van der Waals surface area contributed by atoms with E-state index in [9.17, 15) is 4.79 Å². The van der Waals surface area contributed by atoms with Crippen LogP contribution in [0.1, 0.15) is 50.2 Å². The molecule has 1 saturated heterocycles. The number of nitrogens with two attached hydrogens (primary N) is 1. The third-order valence-corrected chi connectivity index (χ3v) is 5.30. The van der Waals surface area contributed by atoms with Gasteiger partial charge in [0, 0.05) is 25.6 Å². The van der Waals surface area contributed by atoms with Gasteiger partial charge >= 0.3 is 0 Å². The number of hydrogen-bond donors (Lipinski definition) is 1. The highest BCUT2D eigenvalue weighted by Crippen LogP contribution is 2.34. The van der Waals surface area contributed by atoms with E-state index in [1.54, 1.807) is 0 Å². The molecule has 1 aromatic rings. The Morgan fingerprint density at radius 1 is 1.33 bits per heavy atom. The average molecular weight is 288 g/mol. The second kappa shape index (κ2) is 6.61. The van der Waals surface area contributed by atoms with Crippen molar-refractivity contribution in [2.45, 2.75) is 46.0 Å². The van der Waals surface area contributed by atoms with Gasteiger partial charge in [-0.25, -0.2) is 0 Å². The number of hydrogen-bond acceptors (Lipinski definition) is 2. The van der Waals surface area contributed by atoms with Gasteiger partial charge in [0.25, 0.3) is 0 Å². The summed E-state index contributed by atoms with van der Waals surface area (Å²) in [4.78, 5) is 14.9. The van der Waals surface area contributed by atoms with E-state index >= 15 is 0 Å². The molecule has 0 aliphatic carbocycles. The van der Waals surface area contributed by atoms with Crippen molar-refractivity contribution in [1.29, 1.82) is 0 Å². The number of carbonyl (C=O) groups is 1. The van der Waals surface area contributed by atoms with Crippen LogP contribution in [0.3, 0.4) is 0 Å². The van der Waals surface area contributed by atoms with Crippen LogP contribution in [-0.2, 0) is 4.79 Å². The van der Waals surface area contributed by atoms with Crippen molar-refractivity contribution in [3.8, 4) is 0 Å². The minimum atomic E-state index is -0.360. The average Bonchev–Trinajstić information content (AvgIpc) is 2.99. The van der Waals surface area contributed by atoms with Gasteiger partial charge in [0.1, 0.15) is 0 Å². The summed E-state index contributed by atoms with van der Waals surface area (Å²) < 4.78 is 0. The molecule has 21 heavy (non-hydrogen) atoms. The summed E-state index contributed by atoms with van der Waals surface area (Å²) in [6.45, 7) is 8.45. The van der Waals surface area contributed by atoms with Crippen LogP contribution in [0, 0.1) is 12.3 Å². The van der Waals surface area contributed by atoms with Gasteiger partial charge in [0.15, 0.2) is 0 Å². The molecular formula is C18H28N2O. The number of benzene rings is 1. The zero-order valence-electron chi connectivity index (χ0n) is 13.6. The molecule has 1 aliphatic heterocycles. The molecule has 1 unspecified atom stereocenters. The number of amides is 1. The fourth-order valence-electron chi connectivity index (χ4n) is 3.51. The highest BCUT2D eigenvalue weighted by molar-refractivity contribution is 5.83.